The summed E-state index contributed by atoms with van der Waals surface area (Å²) in [7, 11) is 1.62. The number of nitrogens with zero attached hydrogens (tertiary/aromatic N) is 1. The molecule has 6 heteroatoms. The quantitative estimate of drug-likeness (QED) is 0.747. The van der Waals surface area contributed by atoms with E-state index in [4.69, 9.17) is 4.74 Å². The van der Waals surface area contributed by atoms with Gasteiger partial charge in [0.15, 0.2) is 6.10 Å². The summed E-state index contributed by atoms with van der Waals surface area (Å²) < 4.78 is 5.37. The molecule has 0 fully saturated rings. The number of anilines is 1. The van der Waals surface area contributed by atoms with E-state index in [1.807, 2.05) is 24.3 Å². The molecule has 0 aromatic heterocycles. The number of amides is 2. The van der Waals surface area contributed by atoms with Crippen molar-refractivity contribution in [2.75, 3.05) is 11.9 Å². The highest BCUT2D eigenvalue weighted by atomic mass is 16.5. The Labute approximate surface area is 165 Å². The van der Waals surface area contributed by atoms with Crippen molar-refractivity contribution in [1.82, 2.24) is 5.32 Å². The Kier molecular flexibility index (Phi) is 7.32. The molecule has 2 aromatic rings. The van der Waals surface area contributed by atoms with Crippen molar-refractivity contribution in [3.05, 3.63) is 66.2 Å². The first-order valence-corrected chi connectivity index (χ1v) is 9.20. The van der Waals surface area contributed by atoms with Crippen molar-refractivity contribution in [2.24, 2.45) is 5.92 Å². The van der Waals surface area contributed by atoms with Crippen LogP contribution in [-0.2, 0) is 14.3 Å². The van der Waals surface area contributed by atoms with Gasteiger partial charge in [0.2, 0.25) is 0 Å². The van der Waals surface area contributed by atoms with Gasteiger partial charge >= 0.3 is 5.97 Å². The minimum Gasteiger partial charge on any atom is -0.451 e. The summed E-state index contributed by atoms with van der Waals surface area (Å²) in [5, 5.41) is 2.70. The number of hydrogen-bond acceptors (Lipinski definition) is 4. The van der Waals surface area contributed by atoms with Gasteiger partial charge in [-0.2, -0.15) is 0 Å². The Bertz CT molecular complexity index is 806. The topological polar surface area (TPSA) is 75.7 Å². The number of nitrogens with one attached hydrogen (secondary N) is 1. The minimum atomic E-state index is -0.979. The summed E-state index contributed by atoms with van der Waals surface area (Å²) in [6, 6.07) is 16.9. The zero-order valence-corrected chi connectivity index (χ0v) is 16.6. The molecular formula is C22H26N2O4. The lowest BCUT2D eigenvalue weighted by atomic mass is 10.0. The highest BCUT2D eigenvalue weighted by molar-refractivity contribution is 5.99. The van der Waals surface area contributed by atoms with Gasteiger partial charge in [-0.3, -0.25) is 9.59 Å². The molecular weight excluding hydrogens is 356 g/mol. The highest BCUT2D eigenvalue weighted by Crippen LogP contribution is 2.14. The number of ether oxygens (including phenoxy) is 1. The number of carbonyl (C=O) groups excluding carboxylic acids is 3. The predicted molar refractivity (Wildman–Crippen MR) is 108 cm³/mol. The van der Waals surface area contributed by atoms with Crippen LogP contribution in [0.3, 0.4) is 0 Å². The van der Waals surface area contributed by atoms with Crippen molar-refractivity contribution in [1.29, 1.82) is 0 Å². The predicted octanol–water partition coefficient (Wildman–Crippen LogP) is 3.04. The summed E-state index contributed by atoms with van der Waals surface area (Å²) in [5.41, 5.74) is 1.15. The molecule has 0 aliphatic heterocycles. The standard InChI is InChI=1S/C22H26N2O4/c1-15(2)19(23-20(25)17-11-7-5-8-12-17)22(27)28-16(3)21(26)24(4)18-13-9-6-10-14-18/h5-16,19H,1-4H3,(H,23,25)/t16?,19-/m0/s1. The normalized spacial score (nSPS) is 12.8. The largest absolute Gasteiger partial charge is 0.451 e. The maximum absolute atomic E-state index is 12.6. The zero-order chi connectivity index (χ0) is 20.7. The Balaban J connectivity index is 2.03. The molecule has 0 saturated carbocycles. The SMILES string of the molecule is CC(OC(=O)[C@@H](NC(=O)c1ccccc1)C(C)C)C(=O)N(C)c1ccccc1. The van der Waals surface area contributed by atoms with E-state index in [0.29, 0.717) is 11.3 Å². The third-order valence-electron chi connectivity index (χ3n) is 4.36. The Morgan fingerprint density at radius 1 is 0.893 bits per heavy atom. The van der Waals surface area contributed by atoms with Gasteiger partial charge in [0, 0.05) is 18.3 Å². The van der Waals surface area contributed by atoms with Crippen molar-refractivity contribution in [2.45, 2.75) is 32.9 Å². The van der Waals surface area contributed by atoms with Crippen molar-refractivity contribution < 1.29 is 19.1 Å². The van der Waals surface area contributed by atoms with E-state index >= 15 is 0 Å². The average molecular weight is 382 g/mol. The molecule has 0 heterocycles. The van der Waals surface area contributed by atoms with Crippen LogP contribution in [0.25, 0.3) is 0 Å². The molecule has 2 aromatic carbocycles. The number of hydrogen-bond donors (Lipinski definition) is 1. The van der Waals surface area contributed by atoms with Crippen LogP contribution in [-0.4, -0.2) is 37.0 Å². The monoisotopic (exact) mass is 382 g/mol. The molecule has 0 radical (unpaired) electrons. The molecule has 2 rings (SSSR count). The number of likely N-dealkylation sites (N-methyl/N-ethyl adjacent to an activating group) is 1. The third kappa shape index (κ3) is 5.42. The van der Waals surface area contributed by atoms with Crippen LogP contribution in [0.2, 0.25) is 0 Å². The fourth-order valence-corrected chi connectivity index (χ4v) is 2.66. The molecule has 0 bridgehead atoms. The first-order chi connectivity index (χ1) is 13.3. The van der Waals surface area contributed by atoms with Gasteiger partial charge in [0.25, 0.3) is 11.8 Å². The molecule has 0 spiro atoms. The second-order valence-electron chi connectivity index (χ2n) is 6.87. The Morgan fingerprint density at radius 3 is 1.96 bits per heavy atom. The second kappa shape index (κ2) is 9.69. The molecule has 0 aliphatic rings. The minimum absolute atomic E-state index is 0.200. The number of para-hydroxylation sites is 1. The van der Waals surface area contributed by atoms with Crippen LogP contribution in [0.4, 0.5) is 5.69 Å². The molecule has 1 unspecified atom stereocenters. The summed E-state index contributed by atoms with van der Waals surface area (Å²) in [6.45, 7) is 5.13. The lowest BCUT2D eigenvalue weighted by Crippen LogP contribution is -2.48. The molecule has 148 valence electrons. The molecule has 28 heavy (non-hydrogen) atoms. The molecule has 2 atom stereocenters. The molecule has 0 saturated heterocycles. The van der Waals surface area contributed by atoms with Crippen LogP contribution in [0, 0.1) is 5.92 Å². The van der Waals surface area contributed by atoms with Gasteiger partial charge in [0.1, 0.15) is 6.04 Å². The number of esters is 1. The van der Waals surface area contributed by atoms with E-state index < -0.39 is 18.1 Å². The first-order valence-electron chi connectivity index (χ1n) is 9.20. The summed E-state index contributed by atoms with van der Waals surface area (Å²) in [5.74, 6) is -1.55. The van der Waals surface area contributed by atoms with E-state index in [9.17, 15) is 14.4 Å². The van der Waals surface area contributed by atoms with Gasteiger partial charge in [-0.15, -0.1) is 0 Å². The highest BCUT2D eigenvalue weighted by Gasteiger charge is 2.30. The number of carbonyl (C=O) groups is 3. The molecule has 1 N–H and O–H groups in total. The van der Waals surface area contributed by atoms with Gasteiger partial charge in [0.05, 0.1) is 0 Å². The van der Waals surface area contributed by atoms with E-state index in [1.54, 1.807) is 57.3 Å². The molecule has 6 nitrogen and oxygen atoms in total. The van der Waals surface area contributed by atoms with Crippen molar-refractivity contribution in [3.8, 4) is 0 Å². The maximum atomic E-state index is 12.6. The Hall–Kier alpha value is -3.15. The van der Waals surface area contributed by atoms with Gasteiger partial charge in [-0.05, 0) is 37.1 Å². The lowest BCUT2D eigenvalue weighted by molar-refractivity contribution is -0.156. The fourth-order valence-electron chi connectivity index (χ4n) is 2.66. The summed E-state index contributed by atoms with van der Waals surface area (Å²) in [6.07, 6.45) is -0.979. The van der Waals surface area contributed by atoms with E-state index in [0.717, 1.165) is 0 Å². The smallest absolute Gasteiger partial charge is 0.329 e. The fraction of sp³-hybridized carbons (Fsp3) is 0.318. The van der Waals surface area contributed by atoms with Gasteiger partial charge < -0.3 is 15.0 Å². The Morgan fingerprint density at radius 2 is 1.43 bits per heavy atom. The summed E-state index contributed by atoms with van der Waals surface area (Å²) in [4.78, 5) is 39.0. The maximum Gasteiger partial charge on any atom is 0.329 e. The number of benzene rings is 2. The van der Waals surface area contributed by atoms with E-state index in [1.165, 1.54) is 11.8 Å². The second-order valence-corrected chi connectivity index (χ2v) is 6.87. The molecule has 2 amide bonds. The van der Waals surface area contributed by atoms with Crippen LogP contribution >= 0.6 is 0 Å². The van der Waals surface area contributed by atoms with Gasteiger partial charge in [-0.25, -0.2) is 4.79 Å². The summed E-state index contributed by atoms with van der Waals surface area (Å²) >= 11 is 0. The number of rotatable bonds is 7. The van der Waals surface area contributed by atoms with Crippen LogP contribution in [0.5, 0.6) is 0 Å². The van der Waals surface area contributed by atoms with E-state index in [2.05, 4.69) is 5.32 Å². The zero-order valence-electron chi connectivity index (χ0n) is 16.6. The third-order valence-corrected chi connectivity index (χ3v) is 4.36. The van der Waals surface area contributed by atoms with E-state index in [-0.39, 0.29) is 17.7 Å². The van der Waals surface area contributed by atoms with Gasteiger partial charge in [-0.1, -0.05) is 50.2 Å². The first kappa shape index (κ1) is 21.2. The molecule has 0 aliphatic carbocycles. The lowest BCUT2D eigenvalue weighted by Gasteiger charge is -2.25. The van der Waals surface area contributed by atoms with Crippen LogP contribution < -0.4 is 10.2 Å². The van der Waals surface area contributed by atoms with Crippen LogP contribution in [0.1, 0.15) is 31.1 Å². The van der Waals surface area contributed by atoms with Crippen molar-refractivity contribution >= 4 is 23.5 Å². The van der Waals surface area contributed by atoms with Crippen LogP contribution in [0.15, 0.2) is 60.7 Å². The average Bonchev–Trinajstić information content (AvgIpc) is 2.71. The van der Waals surface area contributed by atoms with Crippen molar-refractivity contribution in [3.63, 3.8) is 0 Å².